The minimum absolute atomic E-state index is 0.0642. The monoisotopic (exact) mass is 406 g/mol. The van der Waals surface area contributed by atoms with Gasteiger partial charge in [0.25, 0.3) is 0 Å². The lowest BCUT2D eigenvalue weighted by Crippen LogP contribution is -2.34. The molecule has 0 saturated carbocycles. The summed E-state index contributed by atoms with van der Waals surface area (Å²) in [4.78, 5) is 32.9. The fourth-order valence-electron chi connectivity index (χ4n) is 3.99. The maximum absolute atomic E-state index is 13.2. The summed E-state index contributed by atoms with van der Waals surface area (Å²) in [5.41, 5.74) is 1.68. The van der Waals surface area contributed by atoms with E-state index in [4.69, 9.17) is 4.74 Å². The second-order valence-electron chi connectivity index (χ2n) is 7.00. The number of carbonyl (C=O) groups excluding carboxylic acids is 1. The smallest absolute Gasteiger partial charge is 0.356 e. The van der Waals surface area contributed by atoms with Crippen LogP contribution in [0.2, 0.25) is 0 Å². The van der Waals surface area contributed by atoms with Crippen molar-refractivity contribution in [2.45, 2.75) is 30.8 Å². The second kappa shape index (κ2) is 6.86. The van der Waals surface area contributed by atoms with Crippen LogP contribution in [0.15, 0.2) is 36.4 Å². The van der Waals surface area contributed by atoms with Gasteiger partial charge in [-0.2, -0.15) is 0 Å². The van der Waals surface area contributed by atoms with Gasteiger partial charge in [-0.3, -0.25) is 9.36 Å². The van der Waals surface area contributed by atoms with E-state index in [0.29, 0.717) is 17.5 Å². The molecule has 2 aliphatic rings. The van der Waals surface area contributed by atoms with Crippen LogP contribution in [-0.2, 0) is 15.7 Å². The third kappa shape index (κ3) is 2.94. The first kappa shape index (κ1) is 19.4. The number of carbonyl (C=O) groups is 1. The van der Waals surface area contributed by atoms with Gasteiger partial charge in [0, 0.05) is 16.7 Å². The lowest BCUT2D eigenvalue weighted by atomic mass is 9.81. The van der Waals surface area contributed by atoms with Crippen molar-refractivity contribution in [1.29, 1.82) is 0 Å². The van der Waals surface area contributed by atoms with Crippen LogP contribution in [0.3, 0.4) is 0 Å². The Morgan fingerprint density at radius 2 is 1.75 bits per heavy atom. The zero-order chi connectivity index (χ0) is 20.2. The van der Waals surface area contributed by atoms with Crippen molar-refractivity contribution in [3.8, 4) is 0 Å². The molecule has 1 aliphatic carbocycles. The molecular formula is C19H19O8P. The SMILES string of the molecule is O=C1c2ccccc2Cc2ccc(P(=O)(O)O)c(C3O[C@H](CO)[C@@H](O)[C@H]3O)c21. The van der Waals surface area contributed by atoms with E-state index in [1.165, 1.54) is 12.1 Å². The predicted molar refractivity (Wildman–Crippen MR) is 97.5 cm³/mol. The van der Waals surface area contributed by atoms with Gasteiger partial charge in [0.1, 0.15) is 24.4 Å². The molecule has 2 aromatic rings. The topological polar surface area (TPSA) is 145 Å². The van der Waals surface area contributed by atoms with Crippen molar-refractivity contribution < 1.29 is 39.2 Å². The highest BCUT2D eigenvalue weighted by Crippen LogP contribution is 2.44. The minimum Gasteiger partial charge on any atom is -0.394 e. The lowest BCUT2D eigenvalue weighted by Gasteiger charge is -2.27. The van der Waals surface area contributed by atoms with E-state index >= 15 is 0 Å². The Labute approximate surface area is 160 Å². The summed E-state index contributed by atoms with van der Waals surface area (Å²) in [6.07, 6.45) is -5.13. The van der Waals surface area contributed by atoms with Gasteiger partial charge in [0.05, 0.1) is 11.9 Å². The van der Waals surface area contributed by atoms with Crippen molar-refractivity contribution in [1.82, 2.24) is 0 Å². The van der Waals surface area contributed by atoms with Gasteiger partial charge in [-0.1, -0.05) is 30.3 Å². The van der Waals surface area contributed by atoms with E-state index in [1.807, 2.05) is 0 Å². The Kier molecular flexibility index (Phi) is 4.76. The number of hydrogen-bond donors (Lipinski definition) is 5. The Morgan fingerprint density at radius 1 is 1.04 bits per heavy atom. The molecule has 9 heteroatoms. The summed E-state index contributed by atoms with van der Waals surface area (Å²) >= 11 is 0. The van der Waals surface area contributed by atoms with Gasteiger partial charge in [-0.15, -0.1) is 0 Å². The van der Waals surface area contributed by atoms with Crippen LogP contribution in [-0.4, -0.2) is 55.8 Å². The molecule has 28 heavy (non-hydrogen) atoms. The van der Waals surface area contributed by atoms with E-state index in [0.717, 1.165) is 5.56 Å². The highest BCUT2D eigenvalue weighted by molar-refractivity contribution is 7.60. The number of aliphatic hydroxyl groups is 3. The summed E-state index contributed by atoms with van der Waals surface area (Å²) in [5, 5.41) is 29.4. The first-order valence-corrected chi connectivity index (χ1v) is 10.3. The van der Waals surface area contributed by atoms with Gasteiger partial charge in [-0.05, 0) is 23.6 Å². The quantitative estimate of drug-likeness (QED) is 0.376. The molecule has 5 N–H and O–H groups in total. The van der Waals surface area contributed by atoms with Gasteiger partial charge < -0.3 is 29.8 Å². The van der Waals surface area contributed by atoms with Crippen LogP contribution < -0.4 is 5.30 Å². The molecule has 148 valence electrons. The highest BCUT2D eigenvalue weighted by atomic mass is 31.2. The van der Waals surface area contributed by atoms with Gasteiger partial charge in [0.2, 0.25) is 0 Å². The Bertz CT molecular complexity index is 997. The average molecular weight is 406 g/mol. The Balaban J connectivity index is 1.95. The van der Waals surface area contributed by atoms with Crippen LogP contribution in [0.5, 0.6) is 0 Å². The molecule has 0 spiro atoms. The summed E-state index contributed by atoms with van der Waals surface area (Å²) < 4.78 is 17.6. The first-order valence-electron chi connectivity index (χ1n) is 8.71. The zero-order valence-corrected chi connectivity index (χ0v) is 15.5. The number of ether oxygens (including phenoxy) is 1. The molecule has 1 aliphatic heterocycles. The van der Waals surface area contributed by atoms with Crippen LogP contribution in [0, 0.1) is 0 Å². The van der Waals surface area contributed by atoms with Crippen LogP contribution in [0.4, 0.5) is 0 Å². The van der Waals surface area contributed by atoms with E-state index < -0.39 is 49.7 Å². The average Bonchev–Trinajstić information content (AvgIpc) is 2.94. The zero-order valence-electron chi connectivity index (χ0n) is 14.6. The first-order chi connectivity index (χ1) is 13.2. The normalized spacial score (nSPS) is 26.8. The maximum Gasteiger partial charge on any atom is 0.356 e. The molecule has 4 rings (SSSR count). The number of fused-ring (bicyclic) bond motifs is 2. The summed E-state index contributed by atoms with van der Waals surface area (Å²) in [6.45, 7) is -0.591. The Hall–Kier alpha value is -1.90. The molecule has 0 amide bonds. The molecule has 2 aromatic carbocycles. The Morgan fingerprint density at radius 3 is 2.39 bits per heavy atom. The van der Waals surface area contributed by atoms with E-state index in [2.05, 4.69) is 0 Å². The number of rotatable bonds is 3. The fraction of sp³-hybridized carbons (Fsp3) is 0.316. The molecule has 4 atom stereocenters. The molecule has 1 heterocycles. The third-order valence-electron chi connectivity index (χ3n) is 5.32. The number of benzene rings is 2. The number of aliphatic hydroxyl groups excluding tert-OH is 3. The van der Waals surface area contributed by atoms with Crippen molar-refractivity contribution in [3.63, 3.8) is 0 Å². The molecule has 0 radical (unpaired) electrons. The molecule has 1 fully saturated rings. The molecule has 0 bridgehead atoms. The molecule has 0 aromatic heterocycles. The number of hydrogen-bond acceptors (Lipinski definition) is 6. The fourth-order valence-corrected chi connectivity index (χ4v) is 4.81. The summed E-state index contributed by atoms with van der Waals surface area (Å²) in [6, 6.07) is 9.65. The third-order valence-corrected chi connectivity index (χ3v) is 6.34. The van der Waals surface area contributed by atoms with E-state index in [-0.39, 0.29) is 11.1 Å². The van der Waals surface area contributed by atoms with Gasteiger partial charge in [-0.25, -0.2) is 0 Å². The molecular weight excluding hydrogens is 387 g/mol. The minimum atomic E-state index is -4.83. The summed E-state index contributed by atoms with van der Waals surface area (Å²) in [5.74, 6) is -0.431. The van der Waals surface area contributed by atoms with Crippen LogP contribution in [0.25, 0.3) is 0 Å². The van der Waals surface area contributed by atoms with Crippen LogP contribution >= 0.6 is 7.60 Å². The molecule has 1 unspecified atom stereocenters. The van der Waals surface area contributed by atoms with Crippen molar-refractivity contribution in [2.75, 3.05) is 6.61 Å². The van der Waals surface area contributed by atoms with Gasteiger partial charge >= 0.3 is 7.60 Å². The predicted octanol–water partition coefficient (Wildman–Crippen LogP) is -0.221. The van der Waals surface area contributed by atoms with Crippen molar-refractivity contribution >= 4 is 18.7 Å². The number of ketones is 1. The molecule has 8 nitrogen and oxygen atoms in total. The van der Waals surface area contributed by atoms with E-state index in [1.54, 1.807) is 24.3 Å². The van der Waals surface area contributed by atoms with Crippen molar-refractivity contribution in [2.24, 2.45) is 0 Å². The molecule has 1 saturated heterocycles. The standard InChI is InChI=1S/C19H19O8P/c20-8-12-17(22)18(23)19(27-12)15-13(28(24,25)26)6-5-10-7-9-3-1-2-4-11(9)16(21)14(10)15/h1-6,12,17-20,22-23H,7-8H2,(H2,24,25,26)/t12-,17-,18-,19?/m1/s1. The summed E-state index contributed by atoms with van der Waals surface area (Å²) in [7, 11) is -4.83. The van der Waals surface area contributed by atoms with Gasteiger partial charge in [0.15, 0.2) is 5.78 Å². The largest absolute Gasteiger partial charge is 0.394 e. The van der Waals surface area contributed by atoms with E-state index in [9.17, 15) is 34.5 Å². The second-order valence-corrected chi connectivity index (χ2v) is 8.57. The van der Waals surface area contributed by atoms with Crippen LogP contribution in [0.1, 0.15) is 38.7 Å². The highest BCUT2D eigenvalue weighted by Gasteiger charge is 2.47. The lowest BCUT2D eigenvalue weighted by molar-refractivity contribution is -0.0226. The van der Waals surface area contributed by atoms with Crippen molar-refractivity contribution in [3.05, 3.63) is 64.2 Å². The maximum atomic E-state index is 13.2.